The maximum atomic E-state index is 13.6. The van der Waals surface area contributed by atoms with E-state index in [1.807, 2.05) is 0 Å². The third kappa shape index (κ3) is 2.37. The molecule has 1 aliphatic heterocycles. The molecule has 2 heterocycles. The van der Waals surface area contributed by atoms with E-state index >= 15 is 0 Å². The minimum atomic E-state index is -1.33. The molecule has 1 aliphatic rings. The van der Waals surface area contributed by atoms with Crippen LogP contribution in [0, 0.1) is 0 Å². The Hall–Kier alpha value is -0.900. The van der Waals surface area contributed by atoms with Crippen molar-refractivity contribution >= 4 is 0 Å². The van der Waals surface area contributed by atoms with Crippen LogP contribution in [-0.2, 0) is 5.67 Å². The topological polar surface area (TPSA) is 40.7 Å². The Balaban J connectivity index is 2.12. The van der Waals surface area contributed by atoms with Crippen LogP contribution in [0.5, 0.6) is 0 Å². The molecule has 15 heavy (non-hydrogen) atoms. The second-order valence-electron chi connectivity index (χ2n) is 4.70. The standard InChI is InChI=1S/C11H18FN3/c1-11(2,12)9-7-14-10(15-9)8-4-3-5-13-6-8/h7-8,13H,3-6H2,1-2H3,(H,14,15). The number of rotatable bonds is 2. The minimum Gasteiger partial charge on any atom is -0.343 e. The van der Waals surface area contributed by atoms with Gasteiger partial charge in [-0.25, -0.2) is 9.37 Å². The first-order chi connectivity index (χ1) is 7.07. The van der Waals surface area contributed by atoms with Crippen molar-refractivity contribution in [3.05, 3.63) is 17.7 Å². The van der Waals surface area contributed by atoms with Crippen molar-refractivity contribution in [2.75, 3.05) is 13.1 Å². The van der Waals surface area contributed by atoms with Gasteiger partial charge in [-0.05, 0) is 33.2 Å². The summed E-state index contributed by atoms with van der Waals surface area (Å²) in [5, 5.41) is 3.33. The Morgan fingerprint density at radius 2 is 2.33 bits per heavy atom. The molecule has 0 amide bonds. The fourth-order valence-corrected chi connectivity index (χ4v) is 1.93. The first kappa shape index (κ1) is 10.6. The molecule has 4 heteroatoms. The number of alkyl halides is 1. The zero-order valence-corrected chi connectivity index (χ0v) is 9.31. The highest BCUT2D eigenvalue weighted by Crippen LogP contribution is 2.26. The van der Waals surface area contributed by atoms with Gasteiger partial charge in [-0.3, -0.25) is 0 Å². The minimum absolute atomic E-state index is 0.412. The Bertz CT molecular complexity index is 321. The number of hydrogen-bond donors (Lipinski definition) is 2. The fourth-order valence-electron chi connectivity index (χ4n) is 1.93. The summed E-state index contributed by atoms with van der Waals surface area (Å²) in [6, 6.07) is 0. The van der Waals surface area contributed by atoms with Crippen LogP contribution in [0.15, 0.2) is 6.20 Å². The first-order valence-corrected chi connectivity index (χ1v) is 5.52. The molecule has 0 saturated carbocycles. The summed E-state index contributed by atoms with van der Waals surface area (Å²) in [6.07, 6.45) is 3.91. The van der Waals surface area contributed by atoms with E-state index < -0.39 is 5.67 Å². The van der Waals surface area contributed by atoms with Crippen molar-refractivity contribution in [1.29, 1.82) is 0 Å². The molecule has 1 aromatic heterocycles. The first-order valence-electron chi connectivity index (χ1n) is 5.52. The summed E-state index contributed by atoms with van der Waals surface area (Å²) in [6.45, 7) is 5.12. The molecule has 0 bridgehead atoms. The molecular formula is C11H18FN3. The summed E-state index contributed by atoms with van der Waals surface area (Å²) >= 11 is 0. The van der Waals surface area contributed by atoms with Gasteiger partial charge in [-0.2, -0.15) is 0 Å². The van der Waals surface area contributed by atoms with Crippen LogP contribution >= 0.6 is 0 Å². The molecular weight excluding hydrogens is 193 g/mol. The smallest absolute Gasteiger partial charge is 0.146 e. The quantitative estimate of drug-likeness (QED) is 0.786. The number of imidazole rings is 1. The van der Waals surface area contributed by atoms with E-state index in [0.717, 1.165) is 25.3 Å². The largest absolute Gasteiger partial charge is 0.343 e. The maximum Gasteiger partial charge on any atom is 0.146 e. The van der Waals surface area contributed by atoms with E-state index in [2.05, 4.69) is 15.3 Å². The highest BCUT2D eigenvalue weighted by atomic mass is 19.1. The van der Waals surface area contributed by atoms with Crippen molar-refractivity contribution < 1.29 is 4.39 Å². The predicted octanol–water partition coefficient (Wildman–Crippen LogP) is 2.08. The van der Waals surface area contributed by atoms with Crippen molar-refractivity contribution in [2.24, 2.45) is 0 Å². The van der Waals surface area contributed by atoms with Gasteiger partial charge < -0.3 is 10.3 Å². The van der Waals surface area contributed by atoms with Crippen LogP contribution in [-0.4, -0.2) is 23.1 Å². The third-order valence-corrected chi connectivity index (χ3v) is 2.92. The lowest BCUT2D eigenvalue weighted by Crippen LogP contribution is -2.29. The van der Waals surface area contributed by atoms with E-state index in [1.54, 1.807) is 20.0 Å². The molecule has 2 N–H and O–H groups in total. The van der Waals surface area contributed by atoms with Crippen LogP contribution in [0.25, 0.3) is 0 Å². The second-order valence-corrected chi connectivity index (χ2v) is 4.70. The Morgan fingerprint density at radius 1 is 1.53 bits per heavy atom. The number of aromatic nitrogens is 2. The van der Waals surface area contributed by atoms with Crippen molar-refractivity contribution in [1.82, 2.24) is 15.3 Å². The Kier molecular flexibility index (Phi) is 2.78. The highest BCUT2D eigenvalue weighted by molar-refractivity contribution is 5.12. The number of nitrogens with one attached hydrogen (secondary N) is 2. The molecule has 1 atom stereocenters. The van der Waals surface area contributed by atoms with Gasteiger partial charge in [0.25, 0.3) is 0 Å². The summed E-state index contributed by atoms with van der Waals surface area (Å²) in [5.74, 6) is 1.33. The molecule has 0 radical (unpaired) electrons. The molecule has 3 nitrogen and oxygen atoms in total. The zero-order valence-electron chi connectivity index (χ0n) is 9.31. The molecule has 0 aliphatic carbocycles. The molecule has 1 fully saturated rings. The molecule has 0 spiro atoms. The molecule has 2 rings (SSSR count). The summed E-state index contributed by atoms with van der Waals surface area (Å²) < 4.78 is 13.6. The van der Waals surface area contributed by atoms with Crippen LogP contribution in [0.2, 0.25) is 0 Å². The lowest BCUT2D eigenvalue weighted by atomic mass is 9.99. The van der Waals surface area contributed by atoms with Gasteiger partial charge in [0.15, 0.2) is 0 Å². The maximum absolute atomic E-state index is 13.6. The second kappa shape index (κ2) is 3.93. The van der Waals surface area contributed by atoms with Gasteiger partial charge in [-0.15, -0.1) is 0 Å². The lowest BCUT2D eigenvalue weighted by molar-refractivity contribution is 0.214. The van der Waals surface area contributed by atoms with E-state index in [-0.39, 0.29) is 0 Å². The average molecular weight is 211 g/mol. The number of H-pyrrole nitrogens is 1. The number of halogens is 1. The number of hydrogen-bond acceptors (Lipinski definition) is 2. The van der Waals surface area contributed by atoms with E-state index in [4.69, 9.17) is 0 Å². The van der Waals surface area contributed by atoms with E-state index in [9.17, 15) is 4.39 Å². The molecule has 1 unspecified atom stereocenters. The lowest BCUT2D eigenvalue weighted by Gasteiger charge is -2.21. The van der Waals surface area contributed by atoms with Crippen LogP contribution < -0.4 is 5.32 Å². The monoisotopic (exact) mass is 211 g/mol. The Labute approximate surface area is 89.5 Å². The van der Waals surface area contributed by atoms with Gasteiger partial charge in [0.05, 0.1) is 11.9 Å². The summed E-state index contributed by atoms with van der Waals surface area (Å²) in [4.78, 5) is 7.37. The van der Waals surface area contributed by atoms with Crippen LogP contribution in [0.1, 0.15) is 44.1 Å². The SMILES string of the molecule is CC(C)(F)c1cnc(C2CCCNC2)[nH]1. The molecule has 1 saturated heterocycles. The number of nitrogens with zero attached hydrogens (tertiary/aromatic N) is 1. The van der Waals surface area contributed by atoms with Gasteiger partial charge in [-0.1, -0.05) is 0 Å². The molecule has 1 aromatic rings. The highest BCUT2D eigenvalue weighted by Gasteiger charge is 2.24. The number of piperidine rings is 1. The normalized spacial score (nSPS) is 23.0. The van der Waals surface area contributed by atoms with Crippen molar-refractivity contribution in [3.63, 3.8) is 0 Å². The molecule has 0 aromatic carbocycles. The number of aromatic amines is 1. The van der Waals surface area contributed by atoms with E-state index in [0.29, 0.717) is 11.6 Å². The average Bonchev–Trinajstić information content (AvgIpc) is 2.67. The fraction of sp³-hybridized carbons (Fsp3) is 0.727. The summed E-state index contributed by atoms with van der Waals surface area (Å²) in [5.41, 5.74) is -0.754. The zero-order chi connectivity index (χ0) is 10.9. The van der Waals surface area contributed by atoms with E-state index in [1.165, 1.54) is 6.42 Å². The van der Waals surface area contributed by atoms with Gasteiger partial charge in [0.2, 0.25) is 0 Å². The Morgan fingerprint density at radius 3 is 2.87 bits per heavy atom. The molecule has 84 valence electrons. The van der Waals surface area contributed by atoms with Crippen molar-refractivity contribution in [3.8, 4) is 0 Å². The van der Waals surface area contributed by atoms with Crippen LogP contribution in [0.4, 0.5) is 4.39 Å². The van der Waals surface area contributed by atoms with Crippen molar-refractivity contribution in [2.45, 2.75) is 38.3 Å². The van der Waals surface area contributed by atoms with Crippen LogP contribution in [0.3, 0.4) is 0 Å². The van der Waals surface area contributed by atoms with Gasteiger partial charge in [0, 0.05) is 12.5 Å². The summed E-state index contributed by atoms with van der Waals surface area (Å²) in [7, 11) is 0. The predicted molar refractivity (Wildman–Crippen MR) is 57.6 cm³/mol. The van der Waals surface area contributed by atoms with Gasteiger partial charge >= 0.3 is 0 Å². The third-order valence-electron chi connectivity index (χ3n) is 2.92. The van der Waals surface area contributed by atoms with Gasteiger partial charge in [0.1, 0.15) is 11.5 Å².